The SMILES string of the molecule is NCC1CCCN1C1C2CC3CC(C2)CC1C3. The second-order valence-corrected chi connectivity index (χ2v) is 7.19. The van der Waals surface area contributed by atoms with Crippen molar-refractivity contribution in [3.05, 3.63) is 0 Å². The quantitative estimate of drug-likeness (QED) is 0.794. The lowest BCUT2D eigenvalue weighted by molar-refractivity contribution is -0.0683. The van der Waals surface area contributed by atoms with E-state index in [1.54, 1.807) is 32.1 Å². The Kier molecular flexibility index (Phi) is 2.52. The van der Waals surface area contributed by atoms with Crippen molar-refractivity contribution in [2.75, 3.05) is 13.1 Å². The smallest absolute Gasteiger partial charge is 0.0222 e. The van der Waals surface area contributed by atoms with Crippen molar-refractivity contribution < 1.29 is 0 Å². The molecule has 1 atom stereocenters. The summed E-state index contributed by atoms with van der Waals surface area (Å²) in [5, 5.41) is 0. The third-order valence-corrected chi connectivity index (χ3v) is 6.25. The van der Waals surface area contributed by atoms with Crippen LogP contribution in [0.4, 0.5) is 0 Å². The van der Waals surface area contributed by atoms with Crippen LogP contribution >= 0.6 is 0 Å². The summed E-state index contributed by atoms with van der Waals surface area (Å²) in [7, 11) is 0. The molecule has 4 aliphatic carbocycles. The van der Waals surface area contributed by atoms with Gasteiger partial charge < -0.3 is 5.73 Å². The van der Waals surface area contributed by atoms with Gasteiger partial charge in [0.05, 0.1) is 0 Å². The molecule has 0 aromatic rings. The molecule has 1 heterocycles. The van der Waals surface area contributed by atoms with E-state index in [4.69, 9.17) is 5.73 Å². The Hall–Kier alpha value is -0.0800. The second kappa shape index (κ2) is 3.96. The number of likely N-dealkylation sites (tertiary alicyclic amines) is 1. The fourth-order valence-corrected chi connectivity index (χ4v) is 5.94. The van der Waals surface area contributed by atoms with E-state index in [1.165, 1.54) is 19.4 Å². The summed E-state index contributed by atoms with van der Waals surface area (Å²) in [6, 6.07) is 1.65. The summed E-state index contributed by atoms with van der Waals surface area (Å²) in [6.07, 6.45) is 10.5. The van der Waals surface area contributed by atoms with Crippen LogP contribution in [0.25, 0.3) is 0 Å². The maximum Gasteiger partial charge on any atom is 0.0222 e. The maximum absolute atomic E-state index is 5.98. The summed E-state index contributed by atoms with van der Waals surface area (Å²) in [6.45, 7) is 2.23. The molecule has 4 saturated carbocycles. The number of nitrogens with two attached hydrogens (primary N) is 1. The van der Waals surface area contributed by atoms with E-state index in [0.717, 1.165) is 42.3 Å². The molecule has 0 aromatic carbocycles. The molecule has 1 unspecified atom stereocenters. The fourth-order valence-electron chi connectivity index (χ4n) is 5.94. The Balaban J connectivity index is 1.57. The molecule has 2 N–H and O–H groups in total. The lowest BCUT2D eigenvalue weighted by Gasteiger charge is -2.57. The lowest BCUT2D eigenvalue weighted by Crippen LogP contribution is -2.57. The van der Waals surface area contributed by atoms with Crippen LogP contribution in [0, 0.1) is 23.7 Å². The van der Waals surface area contributed by atoms with Crippen LogP contribution in [0.15, 0.2) is 0 Å². The molecule has 0 aromatic heterocycles. The minimum absolute atomic E-state index is 0.720. The van der Waals surface area contributed by atoms with Crippen LogP contribution < -0.4 is 5.73 Å². The Morgan fingerprint density at radius 1 is 0.941 bits per heavy atom. The third kappa shape index (κ3) is 1.60. The summed E-state index contributed by atoms with van der Waals surface area (Å²) < 4.78 is 0. The van der Waals surface area contributed by atoms with Gasteiger partial charge in [-0.2, -0.15) is 0 Å². The zero-order valence-electron chi connectivity index (χ0n) is 10.9. The topological polar surface area (TPSA) is 29.3 Å². The summed E-state index contributed by atoms with van der Waals surface area (Å²) in [5.41, 5.74) is 5.98. The van der Waals surface area contributed by atoms with Gasteiger partial charge in [-0.25, -0.2) is 0 Å². The molecule has 17 heavy (non-hydrogen) atoms. The van der Waals surface area contributed by atoms with Crippen LogP contribution in [0.1, 0.15) is 44.9 Å². The number of nitrogens with zero attached hydrogens (tertiary/aromatic N) is 1. The highest BCUT2D eigenvalue weighted by Gasteiger charge is 2.51. The van der Waals surface area contributed by atoms with E-state index in [0.29, 0.717) is 0 Å². The van der Waals surface area contributed by atoms with Gasteiger partial charge in [0.15, 0.2) is 0 Å². The maximum atomic E-state index is 5.98. The molecule has 2 nitrogen and oxygen atoms in total. The zero-order chi connectivity index (χ0) is 11.4. The Morgan fingerprint density at radius 2 is 1.59 bits per heavy atom. The first-order chi connectivity index (χ1) is 8.35. The Morgan fingerprint density at radius 3 is 2.18 bits per heavy atom. The minimum Gasteiger partial charge on any atom is -0.329 e. The molecule has 0 amide bonds. The lowest BCUT2D eigenvalue weighted by atomic mass is 9.54. The molecule has 96 valence electrons. The molecular weight excluding hydrogens is 208 g/mol. The van der Waals surface area contributed by atoms with E-state index < -0.39 is 0 Å². The van der Waals surface area contributed by atoms with Gasteiger partial charge in [-0.05, 0) is 75.2 Å². The van der Waals surface area contributed by atoms with Gasteiger partial charge in [0.25, 0.3) is 0 Å². The molecule has 4 bridgehead atoms. The first-order valence-corrected chi connectivity index (χ1v) is 7.81. The zero-order valence-corrected chi connectivity index (χ0v) is 10.9. The average molecular weight is 234 g/mol. The van der Waals surface area contributed by atoms with Gasteiger partial charge in [0, 0.05) is 18.6 Å². The molecule has 1 aliphatic heterocycles. The minimum atomic E-state index is 0.720. The Labute approximate surface area is 105 Å². The largest absolute Gasteiger partial charge is 0.329 e. The van der Waals surface area contributed by atoms with Crippen molar-refractivity contribution in [1.29, 1.82) is 0 Å². The van der Waals surface area contributed by atoms with Gasteiger partial charge in [0.2, 0.25) is 0 Å². The summed E-state index contributed by atoms with van der Waals surface area (Å²) >= 11 is 0. The summed E-state index contributed by atoms with van der Waals surface area (Å²) in [5.74, 6) is 4.29. The standard InChI is InChI=1S/C15H26N2/c16-9-14-2-1-3-17(14)15-12-5-10-4-11(7-12)8-13(15)6-10/h10-15H,1-9,16H2. The second-order valence-electron chi connectivity index (χ2n) is 7.19. The predicted molar refractivity (Wildman–Crippen MR) is 69.6 cm³/mol. The molecule has 0 spiro atoms. The predicted octanol–water partition coefficient (Wildman–Crippen LogP) is 2.23. The molecule has 5 fully saturated rings. The van der Waals surface area contributed by atoms with Gasteiger partial charge >= 0.3 is 0 Å². The van der Waals surface area contributed by atoms with Crippen molar-refractivity contribution in [2.45, 2.75) is 57.0 Å². The molecule has 2 heteroatoms. The molecule has 1 saturated heterocycles. The molecule has 5 aliphatic rings. The van der Waals surface area contributed by atoms with Gasteiger partial charge in [0.1, 0.15) is 0 Å². The van der Waals surface area contributed by atoms with E-state index >= 15 is 0 Å². The molecule has 5 rings (SSSR count). The van der Waals surface area contributed by atoms with Crippen molar-refractivity contribution in [3.63, 3.8) is 0 Å². The first kappa shape index (κ1) is 10.8. The normalized spacial score (nSPS) is 53.5. The van der Waals surface area contributed by atoms with Gasteiger partial charge in [-0.15, -0.1) is 0 Å². The van der Waals surface area contributed by atoms with E-state index in [-0.39, 0.29) is 0 Å². The van der Waals surface area contributed by atoms with E-state index in [9.17, 15) is 0 Å². The number of rotatable bonds is 2. The van der Waals surface area contributed by atoms with Crippen molar-refractivity contribution in [3.8, 4) is 0 Å². The van der Waals surface area contributed by atoms with Gasteiger partial charge in [-0.3, -0.25) is 4.90 Å². The van der Waals surface area contributed by atoms with Crippen LogP contribution in [-0.4, -0.2) is 30.1 Å². The van der Waals surface area contributed by atoms with Crippen LogP contribution in [0.3, 0.4) is 0 Å². The Bertz CT molecular complexity index is 273. The first-order valence-electron chi connectivity index (χ1n) is 7.81. The van der Waals surface area contributed by atoms with Gasteiger partial charge in [-0.1, -0.05) is 0 Å². The van der Waals surface area contributed by atoms with Crippen LogP contribution in [0.5, 0.6) is 0 Å². The molecule has 0 radical (unpaired) electrons. The third-order valence-electron chi connectivity index (χ3n) is 6.25. The fraction of sp³-hybridized carbons (Fsp3) is 1.00. The van der Waals surface area contributed by atoms with Crippen molar-refractivity contribution in [1.82, 2.24) is 4.90 Å². The average Bonchev–Trinajstić information content (AvgIpc) is 2.75. The monoisotopic (exact) mass is 234 g/mol. The number of hydrogen-bond donors (Lipinski definition) is 1. The van der Waals surface area contributed by atoms with E-state index in [1.807, 2.05) is 0 Å². The van der Waals surface area contributed by atoms with Crippen LogP contribution in [-0.2, 0) is 0 Å². The summed E-state index contributed by atoms with van der Waals surface area (Å²) in [4.78, 5) is 2.84. The van der Waals surface area contributed by atoms with Crippen LogP contribution in [0.2, 0.25) is 0 Å². The van der Waals surface area contributed by atoms with Crippen molar-refractivity contribution in [2.24, 2.45) is 29.4 Å². The highest BCUT2D eigenvalue weighted by atomic mass is 15.2. The van der Waals surface area contributed by atoms with E-state index in [2.05, 4.69) is 4.90 Å². The highest BCUT2D eigenvalue weighted by Crippen LogP contribution is 2.55. The highest BCUT2D eigenvalue weighted by molar-refractivity contribution is 5.04. The molecular formula is C15H26N2. The van der Waals surface area contributed by atoms with Crippen molar-refractivity contribution >= 4 is 0 Å². The number of hydrogen-bond acceptors (Lipinski definition) is 2.